The molecule has 248 valence electrons. The van der Waals surface area contributed by atoms with E-state index in [1.54, 1.807) is 0 Å². The molecule has 0 spiro atoms. The Hall–Kier alpha value is -3.75. The smallest absolute Gasteiger partial charge is 0.391 e. The summed E-state index contributed by atoms with van der Waals surface area (Å²) in [5.74, 6) is -2.49. The molecule has 0 radical (unpaired) electrons. The number of carbonyl (C=O) groups is 2. The third-order valence-electron chi connectivity index (χ3n) is 7.27. The van der Waals surface area contributed by atoms with Crippen LogP contribution in [0.3, 0.4) is 0 Å². The number of carbonyl (C=O) groups excluding carboxylic acids is 2. The van der Waals surface area contributed by atoms with Crippen LogP contribution in [0.2, 0.25) is 0 Å². The van der Waals surface area contributed by atoms with Crippen molar-refractivity contribution in [3.8, 4) is 5.88 Å². The number of aryl methyl sites for hydroxylation is 1. The maximum Gasteiger partial charge on any atom is 0.391 e. The first kappa shape index (κ1) is 35.7. The molecule has 3 rings (SSSR count). The Labute approximate surface area is 264 Å². The largest absolute Gasteiger partial charge is 0.471 e. The van der Waals surface area contributed by atoms with Gasteiger partial charge in [0, 0.05) is 30.7 Å². The van der Waals surface area contributed by atoms with Crippen LogP contribution in [0.1, 0.15) is 67.9 Å². The van der Waals surface area contributed by atoms with E-state index in [0.29, 0.717) is 12.2 Å². The highest BCUT2D eigenvalue weighted by molar-refractivity contribution is 7.80. The molecule has 2 aromatic rings. The topological polar surface area (TPSA) is 116 Å². The van der Waals surface area contributed by atoms with Crippen molar-refractivity contribution in [1.29, 1.82) is 0 Å². The second-order valence-corrected chi connectivity index (χ2v) is 12.3. The monoisotopic (exact) mass is 658 g/mol. The maximum atomic E-state index is 13.3. The molecule has 9 nitrogen and oxygen atoms in total. The summed E-state index contributed by atoms with van der Waals surface area (Å²) in [6.45, 7) is 6.60. The Bertz CT molecular complexity index is 1380. The minimum atomic E-state index is -4.30. The van der Waals surface area contributed by atoms with Gasteiger partial charge in [0.05, 0.1) is 11.6 Å². The normalized spacial score (nSPS) is 17.0. The van der Waals surface area contributed by atoms with Crippen molar-refractivity contribution in [2.45, 2.75) is 78.6 Å². The first-order valence-corrected chi connectivity index (χ1v) is 14.9. The zero-order chi connectivity index (χ0) is 33.5. The zero-order valence-electron chi connectivity index (χ0n) is 25.8. The SMILES string of the molecule is CNc1nc(OCC(F)F)c(C(=O)NC2CCC(C(F)(F)F)CC2)cc1NC(=S)Nc1cc(CNC(=O)C(C)(C)C)ccc1C. The van der Waals surface area contributed by atoms with E-state index in [-0.39, 0.29) is 59.7 Å². The molecule has 0 unspecified atom stereocenters. The molecule has 45 heavy (non-hydrogen) atoms. The van der Waals surface area contributed by atoms with E-state index in [4.69, 9.17) is 17.0 Å². The Morgan fingerprint density at radius 1 is 1.04 bits per heavy atom. The van der Waals surface area contributed by atoms with Gasteiger partial charge in [-0.3, -0.25) is 9.59 Å². The fourth-order valence-corrected chi connectivity index (χ4v) is 4.88. The lowest BCUT2D eigenvalue weighted by Crippen LogP contribution is -2.40. The number of pyridine rings is 1. The molecule has 5 N–H and O–H groups in total. The van der Waals surface area contributed by atoms with E-state index in [1.165, 1.54) is 13.1 Å². The number of hydrogen-bond donors (Lipinski definition) is 5. The lowest BCUT2D eigenvalue weighted by molar-refractivity contribution is -0.182. The first-order valence-electron chi connectivity index (χ1n) is 14.4. The summed E-state index contributed by atoms with van der Waals surface area (Å²) < 4.78 is 70.4. The summed E-state index contributed by atoms with van der Waals surface area (Å²) in [5.41, 5.74) is 1.82. The van der Waals surface area contributed by atoms with Gasteiger partial charge in [0.25, 0.3) is 12.3 Å². The molecular weight excluding hydrogens is 619 g/mol. The Balaban J connectivity index is 1.79. The summed E-state index contributed by atoms with van der Waals surface area (Å²) in [6, 6.07) is 6.36. The fourth-order valence-electron chi connectivity index (χ4n) is 4.66. The fraction of sp³-hybridized carbons (Fsp3) is 0.533. The van der Waals surface area contributed by atoms with Crippen LogP contribution in [-0.4, -0.2) is 54.2 Å². The third kappa shape index (κ3) is 10.4. The van der Waals surface area contributed by atoms with Gasteiger partial charge in [0.15, 0.2) is 17.5 Å². The van der Waals surface area contributed by atoms with Crippen molar-refractivity contribution >= 4 is 46.3 Å². The van der Waals surface area contributed by atoms with Crippen LogP contribution in [-0.2, 0) is 11.3 Å². The highest BCUT2D eigenvalue weighted by Gasteiger charge is 2.41. The molecule has 0 atom stereocenters. The van der Waals surface area contributed by atoms with E-state index in [9.17, 15) is 31.5 Å². The van der Waals surface area contributed by atoms with Gasteiger partial charge in [-0.05, 0) is 68.1 Å². The van der Waals surface area contributed by atoms with Crippen LogP contribution in [0, 0.1) is 18.3 Å². The second-order valence-electron chi connectivity index (χ2n) is 11.9. The molecule has 1 aliphatic carbocycles. The van der Waals surface area contributed by atoms with Gasteiger partial charge < -0.3 is 31.3 Å². The minimum Gasteiger partial charge on any atom is -0.471 e. The number of alkyl halides is 5. The lowest BCUT2D eigenvalue weighted by Gasteiger charge is -2.30. The summed E-state index contributed by atoms with van der Waals surface area (Å²) in [7, 11) is 1.53. The zero-order valence-corrected chi connectivity index (χ0v) is 26.6. The predicted octanol–water partition coefficient (Wildman–Crippen LogP) is 6.40. The van der Waals surface area contributed by atoms with Crippen LogP contribution in [0.4, 0.5) is 39.1 Å². The van der Waals surface area contributed by atoms with Gasteiger partial charge in [-0.2, -0.15) is 18.2 Å². The van der Waals surface area contributed by atoms with Gasteiger partial charge in [-0.25, -0.2) is 8.78 Å². The molecule has 1 fully saturated rings. The van der Waals surface area contributed by atoms with Gasteiger partial charge in [0.2, 0.25) is 11.8 Å². The molecule has 0 saturated heterocycles. The van der Waals surface area contributed by atoms with Crippen molar-refractivity contribution in [3.05, 3.63) is 41.0 Å². The molecule has 1 aliphatic rings. The van der Waals surface area contributed by atoms with Crippen LogP contribution < -0.4 is 31.3 Å². The number of ether oxygens (including phenoxy) is 1. The number of thiocarbonyl (C=S) groups is 1. The van der Waals surface area contributed by atoms with E-state index in [0.717, 1.165) is 11.1 Å². The number of benzene rings is 1. The number of nitrogens with zero attached hydrogens (tertiary/aromatic N) is 1. The molecule has 1 saturated carbocycles. The third-order valence-corrected chi connectivity index (χ3v) is 7.48. The van der Waals surface area contributed by atoms with Crippen molar-refractivity contribution in [3.63, 3.8) is 0 Å². The van der Waals surface area contributed by atoms with Gasteiger partial charge in [-0.15, -0.1) is 0 Å². The van der Waals surface area contributed by atoms with Crippen molar-refractivity contribution in [1.82, 2.24) is 15.6 Å². The second kappa shape index (κ2) is 15.0. The van der Waals surface area contributed by atoms with E-state index < -0.39 is 42.5 Å². The molecule has 1 heterocycles. The van der Waals surface area contributed by atoms with Crippen LogP contribution in [0.15, 0.2) is 24.3 Å². The molecule has 0 aliphatic heterocycles. The maximum absolute atomic E-state index is 13.3. The number of amides is 2. The van der Waals surface area contributed by atoms with Crippen LogP contribution in [0.25, 0.3) is 0 Å². The number of nitrogens with one attached hydrogen (secondary N) is 5. The van der Waals surface area contributed by atoms with Crippen LogP contribution >= 0.6 is 12.2 Å². The molecule has 2 amide bonds. The van der Waals surface area contributed by atoms with Crippen LogP contribution in [0.5, 0.6) is 5.88 Å². The first-order chi connectivity index (χ1) is 21.0. The minimum absolute atomic E-state index is 0.100. The average molecular weight is 659 g/mol. The van der Waals surface area contributed by atoms with E-state index >= 15 is 0 Å². The lowest BCUT2D eigenvalue weighted by atomic mass is 9.85. The van der Waals surface area contributed by atoms with Crippen molar-refractivity contribution in [2.75, 3.05) is 29.6 Å². The quantitative estimate of drug-likeness (QED) is 0.147. The molecular formula is C30H39F5N6O3S. The Morgan fingerprint density at radius 3 is 2.27 bits per heavy atom. The summed E-state index contributed by atoms with van der Waals surface area (Å²) in [5, 5.41) is 14.6. The number of aromatic nitrogens is 1. The molecule has 15 heteroatoms. The van der Waals surface area contributed by atoms with E-state index in [1.807, 2.05) is 45.9 Å². The van der Waals surface area contributed by atoms with Gasteiger partial charge >= 0.3 is 6.18 Å². The Morgan fingerprint density at radius 2 is 1.69 bits per heavy atom. The predicted molar refractivity (Wildman–Crippen MR) is 167 cm³/mol. The summed E-state index contributed by atoms with van der Waals surface area (Å²) >= 11 is 5.51. The van der Waals surface area contributed by atoms with E-state index in [2.05, 4.69) is 31.6 Å². The standard InChI is InChI=1S/C30H39F5N6O3S/c1-16-6-7-17(14-37-27(43)29(2,3)4)12-21(16)39-28(45)40-22-13-20(26(41-24(22)36-5)44-15-23(31)32)25(42)38-19-10-8-18(9-11-19)30(33,34)35/h6-7,12-13,18-19,23H,8-11,14-15H2,1-5H3,(H,36,41)(H,37,43)(H,38,42)(H2,39,40,45). The highest BCUT2D eigenvalue weighted by Crippen LogP contribution is 2.38. The summed E-state index contributed by atoms with van der Waals surface area (Å²) in [6.07, 6.45) is -7.17. The molecule has 1 aromatic heterocycles. The number of halogens is 5. The number of rotatable bonds is 10. The average Bonchev–Trinajstić information content (AvgIpc) is 2.95. The molecule has 1 aromatic carbocycles. The highest BCUT2D eigenvalue weighted by atomic mass is 32.1. The number of anilines is 3. The molecule has 0 bridgehead atoms. The van der Waals surface area contributed by atoms with Gasteiger partial charge in [0.1, 0.15) is 5.56 Å². The van der Waals surface area contributed by atoms with Gasteiger partial charge in [-0.1, -0.05) is 32.9 Å². The van der Waals surface area contributed by atoms with Crippen molar-refractivity contribution < 1.29 is 36.3 Å². The van der Waals surface area contributed by atoms with Crippen molar-refractivity contribution in [2.24, 2.45) is 11.3 Å². The summed E-state index contributed by atoms with van der Waals surface area (Å²) in [4.78, 5) is 29.8. The Kier molecular flexibility index (Phi) is 11.9. The number of hydrogen-bond acceptors (Lipinski definition) is 6.